The molecule has 0 bridgehead atoms. The maximum absolute atomic E-state index is 12.7. The zero-order chi connectivity index (χ0) is 20.0. The average molecular weight is 370 g/mol. The maximum atomic E-state index is 12.7. The van der Waals surface area contributed by atoms with Gasteiger partial charge >= 0.3 is 0 Å². The number of carbonyl (C=O) groups is 2. The summed E-state index contributed by atoms with van der Waals surface area (Å²) in [6, 6.07) is 9.84. The van der Waals surface area contributed by atoms with Crippen molar-refractivity contribution in [3.05, 3.63) is 35.4 Å². The summed E-state index contributed by atoms with van der Waals surface area (Å²) in [5.41, 5.74) is 0.915. The van der Waals surface area contributed by atoms with Crippen LogP contribution in [0.5, 0.6) is 0 Å². The molecule has 1 aromatic carbocycles. The van der Waals surface area contributed by atoms with E-state index in [-0.39, 0.29) is 24.3 Å². The van der Waals surface area contributed by atoms with Gasteiger partial charge in [0, 0.05) is 31.7 Å². The Hall–Kier alpha value is -2.39. The van der Waals surface area contributed by atoms with E-state index in [4.69, 9.17) is 0 Å². The highest BCUT2D eigenvalue weighted by atomic mass is 16.2. The number of hydrogen-bond acceptors (Lipinski definition) is 4. The van der Waals surface area contributed by atoms with Gasteiger partial charge in [0.05, 0.1) is 12.6 Å². The fraction of sp³-hybridized carbons (Fsp3) is 0.571. The first-order valence-corrected chi connectivity index (χ1v) is 9.55. The minimum absolute atomic E-state index is 0.0259. The summed E-state index contributed by atoms with van der Waals surface area (Å²) in [6.07, 6.45) is 0.824. The number of aryl methyl sites for hydroxylation is 1. The Morgan fingerprint density at radius 3 is 2.63 bits per heavy atom. The van der Waals surface area contributed by atoms with Crippen LogP contribution >= 0.6 is 0 Å². The molecule has 1 fully saturated rings. The molecule has 2 rings (SSSR count). The van der Waals surface area contributed by atoms with Crippen LogP contribution in [0.2, 0.25) is 0 Å². The van der Waals surface area contributed by atoms with Gasteiger partial charge in [-0.2, -0.15) is 5.26 Å². The molecular formula is C21H30N4O2. The van der Waals surface area contributed by atoms with E-state index in [1.165, 1.54) is 0 Å². The predicted molar refractivity (Wildman–Crippen MR) is 105 cm³/mol. The topological polar surface area (TPSA) is 76.4 Å². The Bertz CT molecular complexity index is 725. The lowest BCUT2D eigenvalue weighted by Crippen LogP contribution is -2.52. The van der Waals surface area contributed by atoms with Crippen molar-refractivity contribution >= 4 is 11.8 Å². The smallest absolute Gasteiger partial charge is 0.253 e. The molecule has 0 aliphatic carbocycles. The standard InChI is InChI=1S/C21H30N4O2/c1-16(2)21(4,15-22)23-19(26)14-24-9-6-10-25(12-11-24)20(27)18-8-5-7-17(3)13-18/h5,7-8,13,16H,6,9-12,14H2,1-4H3,(H,23,26). The molecule has 0 radical (unpaired) electrons. The van der Waals surface area contributed by atoms with Gasteiger partial charge in [-0.05, 0) is 38.3 Å². The van der Waals surface area contributed by atoms with Crippen LogP contribution in [0.4, 0.5) is 0 Å². The van der Waals surface area contributed by atoms with Gasteiger partial charge in [0.15, 0.2) is 0 Å². The zero-order valence-electron chi connectivity index (χ0n) is 16.8. The molecule has 1 aliphatic rings. The molecule has 0 saturated carbocycles. The molecule has 146 valence electrons. The lowest BCUT2D eigenvalue weighted by atomic mass is 9.90. The van der Waals surface area contributed by atoms with E-state index in [1.807, 2.05) is 49.9 Å². The van der Waals surface area contributed by atoms with Crippen LogP contribution in [-0.4, -0.2) is 59.9 Å². The van der Waals surface area contributed by atoms with Crippen LogP contribution in [0.1, 0.15) is 43.1 Å². The number of carbonyl (C=O) groups excluding carboxylic acids is 2. The Morgan fingerprint density at radius 2 is 2.00 bits per heavy atom. The van der Waals surface area contributed by atoms with Crippen molar-refractivity contribution in [2.45, 2.75) is 39.7 Å². The summed E-state index contributed by atoms with van der Waals surface area (Å²) in [4.78, 5) is 29.0. The summed E-state index contributed by atoms with van der Waals surface area (Å²) in [5, 5.41) is 12.2. The molecule has 1 saturated heterocycles. The summed E-state index contributed by atoms with van der Waals surface area (Å²) < 4.78 is 0. The van der Waals surface area contributed by atoms with E-state index >= 15 is 0 Å². The largest absolute Gasteiger partial charge is 0.337 e. The molecule has 0 spiro atoms. The highest BCUT2D eigenvalue weighted by Gasteiger charge is 2.30. The first kappa shape index (κ1) is 20.9. The van der Waals surface area contributed by atoms with E-state index in [0.717, 1.165) is 18.5 Å². The fourth-order valence-corrected chi connectivity index (χ4v) is 3.13. The van der Waals surface area contributed by atoms with Gasteiger partial charge in [-0.25, -0.2) is 0 Å². The van der Waals surface area contributed by atoms with E-state index < -0.39 is 5.54 Å². The van der Waals surface area contributed by atoms with Crippen LogP contribution < -0.4 is 5.32 Å². The van der Waals surface area contributed by atoms with Crippen molar-refractivity contribution in [2.24, 2.45) is 5.92 Å². The van der Waals surface area contributed by atoms with E-state index in [1.54, 1.807) is 6.92 Å². The highest BCUT2D eigenvalue weighted by molar-refractivity contribution is 5.94. The average Bonchev–Trinajstić information content (AvgIpc) is 2.86. The molecule has 1 aliphatic heterocycles. The molecule has 6 heteroatoms. The van der Waals surface area contributed by atoms with E-state index in [2.05, 4.69) is 16.3 Å². The summed E-state index contributed by atoms with van der Waals surface area (Å²) >= 11 is 0. The molecule has 6 nitrogen and oxygen atoms in total. The Labute approximate surface area is 162 Å². The number of nitrogens with zero attached hydrogens (tertiary/aromatic N) is 3. The number of rotatable bonds is 5. The van der Waals surface area contributed by atoms with Crippen molar-refractivity contribution in [1.82, 2.24) is 15.1 Å². The third-order valence-corrected chi connectivity index (χ3v) is 5.29. The van der Waals surface area contributed by atoms with Gasteiger partial charge in [0.2, 0.25) is 5.91 Å². The number of hydrogen-bond donors (Lipinski definition) is 1. The van der Waals surface area contributed by atoms with Crippen molar-refractivity contribution in [1.29, 1.82) is 5.26 Å². The first-order valence-electron chi connectivity index (χ1n) is 9.55. The molecule has 1 heterocycles. The quantitative estimate of drug-likeness (QED) is 0.862. The van der Waals surface area contributed by atoms with Gasteiger partial charge in [-0.3, -0.25) is 14.5 Å². The van der Waals surface area contributed by atoms with Gasteiger partial charge < -0.3 is 10.2 Å². The van der Waals surface area contributed by atoms with Gasteiger partial charge in [-0.15, -0.1) is 0 Å². The van der Waals surface area contributed by atoms with E-state index in [0.29, 0.717) is 25.2 Å². The van der Waals surface area contributed by atoms with E-state index in [9.17, 15) is 14.9 Å². The Morgan fingerprint density at radius 1 is 1.26 bits per heavy atom. The minimum Gasteiger partial charge on any atom is -0.337 e. The second-order valence-corrected chi connectivity index (χ2v) is 7.81. The summed E-state index contributed by atoms with van der Waals surface area (Å²) in [6.45, 7) is 10.5. The Kier molecular flexibility index (Phi) is 6.98. The maximum Gasteiger partial charge on any atom is 0.253 e. The van der Waals surface area contributed by atoms with Gasteiger partial charge in [0.25, 0.3) is 5.91 Å². The van der Waals surface area contributed by atoms with Crippen LogP contribution in [0, 0.1) is 24.2 Å². The van der Waals surface area contributed by atoms with Crippen LogP contribution in [-0.2, 0) is 4.79 Å². The summed E-state index contributed by atoms with van der Waals surface area (Å²) in [7, 11) is 0. The number of amides is 2. The molecule has 2 amide bonds. The van der Waals surface area contributed by atoms with Gasteiger partial charge in [0.1, 0.15) is 5.54 Å². The molecule has 27 heavy (non-hydrogen) atoms. The van der Waals surface area contributed by atoms with Gasteiger partial charge in [-0.1, -0.05) is 31.5 Å². The molecule has 1 aromatic rings. The predicted octanol–water partition coefficient (Wildman–Crippen LogP) is 2.20. The molecule has 1 N–H and O–H groups in total. The Balaban J connectivity index is 1.92. The third kappa shape index (κ3) is 5.54. The molecule has 0 aromatic heterocycles. The van der Waals surface area contributed by atoms with Crippen molar-refractivity contribution < 1.29 is 9.59 Å². The highest BCUT2D eigenvalue weighted by Crippen LogP contribution is 2.15. The van der Waals surface area contributed by atoms with Crippen molar-refractivity contribution in [3.8, 4) is 6.07 Å². The van der Waals surface area contributed by atoms with Crippen molar-refractivity contribution in [2.75, 3.05) is 32.7 Å². The lowest BCUT2D eigenvalue weighted by Gasteiger charge is -2.29. The SMILES string of the molecule is Cc1cccc(C(=O)N2CCCN(CC(=O)NC(C)(C#N)C(C)C)CC2)c1. The lowest BCUT2D eigenvalue weighted by molar-refractivity contribution is -0.123. The third-order valence-electron chi connectivity index (χ3n) is 5.29. The summed E-state index contributed by atoms with van der Waals surface area (Å²) in [5.74, 6) is -0.0777. The zero-order valence-corrected chi connectivity index (χ0v) is 16.8. The molecule has 1 unspecified atom stereocenters. The second-order valence-electron chi connectivity index (χ2n) is 7.81. The van der Waals surface area contributed by atoms with Crippen molar-refractivity contribution in [3.63, 3.8) is 0 Å². The number of benzene rings is 1. The van der Waals surface area contributed by atoms with Crippen LogP contribution in [0.25, 0.3) is 0 Å². The fourth-order valence-electron chi connectivity index (χ4n) is 3.13. The van der Waals surface area contributed by atoms with Crippen LogP contribution in [0.3, 0.4) is 0 Å². The van der Waals surface area contributed by atoms with Crippen LogP contribution in [0.15, 0.2) is 24.3 Å². The first-order chi connectivity index (χ1) is 12.7. The molecular weight excluding hydrogens is 340 g/mol. The second kappa shape index (κ2) is 9.01. The normalized spacial score (nSPS) is 17.7. The monoisotopic (exact) mass is 370 g/mol. The number of nitrogens with one attached hydrogen (secondary N) is 1. The number of nitriles is 1. The molecule has 1 atom stereocenters. The minimum atomic E-state index is -0.865.